The first-order chi connectivity index (χ1) is 24.8. The number of benzene rings is 3. The molecular weight excluding hydrogens is 671 g/mol. The molecule has 1 aliphatic rings. The van der Waals surface area contributed by atoms with Gasteiger partial charge < -0.3 is 40.2 Å². The number of likely N-dealkylation sites (tertiary alicyclic amines) is 1. The summed E-state index contributed by atoms with van der Waals surface area (Å²) in [5, 5.41) is 34.7. The number of anilines is 2. The van der Waals surface area contributed by atoms with E-state index in [0.29, 0.717) is 60.4 Å². The molecule has 0 bridgehead atoms. The largest absolute Gasteiger partial charge is 0.506 e. The number of phenolic OH excluding ortho intramolecular Hbond substituents is 1. The first kappa shape index (κ1) is 35.6. The summed E-state index contributed by atoms with van der Waals surface area (Å²) in [6.45, 7) is 2.65. The van der Waals surface area contributed by atoms with Crippen LogP contribution in [0.15, 0.2) is 88.4 Å². The van der Waals surface area contributed by atoms with Crippen LogP contribution in [-0.4, -0.2) is 71.5 Å². The van der Waals surface area contributed by atoms with Gasteiger partial charge in [0.15, 0.2) is 0 Å². The summed E-state index contributed by atoms with van der Waals surface area (Å²) in [5.74, 6) is 0.406. The maximum absolute atomic E-state index is 12.8. The fraction of sp³-hybridized carbons (Fsp3) is 0.289. The number of nitrogens with one attached hydrogen (secondary N) is 4. The van der Waals surface area contributed by atoms with Crippen LogP contribution < -0.4 is 26.2 Å². The van der Waals surface area contributed by atoms with Gasteiger partial charge in [0.1, 0.15) is 17.6 Å². The van der Waals surface area contributed by atoms with Crippen molar-refractivity contribution in [2.24, 2.45) is 0 Å². The highest BCUT2D eigenvalue weighted by Crippen LogP contribution is 2.31. The summed E-state index contributed by atoms with van der Waals surface area (Å²) in [7, 11) is 1.56. The van der Waals surface area contributed by atoms with Crippen molar-refractivity contribution in [2.75, 3.05) is 43.9 Å². The van der Waals surface area contributed by atoms with Gasteiger partial charge in [0.05, 0.1) is 24.4 Å². The van der Waals surface area contributed by atoms with E-state index in [0.717, 1.165) is 29.8 Å². The number of thiophene rings is 1. The average molecular weight is 712 g/mol. The maximum atomic E-state index is 12.8. The van der Waals surface area contributed by atoms with Gasteiger partial charge in [-0.1, -0.05) is 30.3 Å². The molecule has 0 radical (unpaired) electrons. The Hall–Kier alpha value is -5.21. The van der Waals surface area contributed by atoms with Crippen LogP contribution in [0.5, 0.6) is 11.5 Å². The number of piperidine rings is 1. The number of amides is 2. The van der Waals surface area contributed by atoms with Crippen molar-refractivity contribution in [1.82, 2.24) is 15.2 Å². The summed E-state index contributed by atoms with van der Waals surface area (Å²) >= 11 is 1.60. The molecule has 5 aromatic rings. The highest BCUT2D eigenvalue weighted by Gasteiger charge is 2.23. The summed E-state index contributed by atoms with van der Waals surface area (Å²) in [6, 6.07) is 21.1. The van der Waals surface area contributed by atoms with Crippen LogP contribution in [0.25, 0.3) is 22.0 Å². The molecule has 51 heavy (non-hydrogen) atoms. The topological polar surface area (TPSA) is 165 Å². The first-order valence-corrected chi connectivity index (χ1v) is 17.7. The number of pyridine rings is 1. The van der Waals surface area contributed by atoms with Gasteiger partial charge in [-0.2, -0.15) is 11.3 Å². The predicted molar refractivity (Wildman–Crippen MR) is 198 cm³/mol. The number of ether oxygens (including phenoxy) is 2. The lowest BCUT2D eigenvalue weighted by Gasteiger charge is -2.31. The molecule has 6 N–H and O–H groups in total. The predicted octanol–water partition coefficient (Wildman–Crippen LogP) is 5.84. The van der Waals surface area contributed by atoms with Crippen LogP contribution in [0.3, 0.4) is 0 Å². The number of carbonyl (C=O) groups excluding carboxylic acids is 2. The number of aromatic nitrogens is 1. The first-order valence-electron chi connectivity index (χ1n) is 16.8. The van der Waals surface area contributed by atoms with Crippen molar-refractivity contribution >= 4 is 45.6 Å². The van der Waals surface area contributed by atoms with E-state index < -0.39 is 12.2 Å². The Balaban J connectivity index is 0.922. The Morgan fingerprint density at radius 2 is 1.86 bits per heavy atom. The van der Waals surface area contributed by atoms with Crippen molar-refractivity contribution in [2.45, 2.75) is 38.0 Å². The molecule has 2 aromatic heterocycles. The molecule has 266 valence electrons. The Morgan fingerprint density at radius 3 is 2.65 bits per heavy atom. The molecule has 1 saturated heterocycles. The van der Waals surface area contributed by atoms with E-state index in [2.05, 4.69) is 25.8 Å². The van der Waals surface area contributed by atoms with Crippen molar-refractivity contribution in [1.29, 1.82) is 0 Å². The quantitative estimate of drug-likeness (QED) is 0.0881. The van der Waals surface area contributed by atoms with E-state index in [-0.39, 0.29) is 35.4 Å². The van der Waals surface area contributed by atoms with Crippen molar-refractivity contribution in [3.63, 3.8) is 0 Å². The minimum absolute atomic E-state index is 0.0652. The number of aliphatic hydroxyl groups is 1. The van der Waals surface area contributed by atoms with Gasteiger partial charge in [-0.05, 0) is 65.1 Å². The van der Waals surface area contributed by atoms with Gasteiger partial charge in [-0.25, -0.2) is 4.79 Å². The molecule has 0 unspecified atom stereocenters. The zero-order valence-corrected chi connectivity index (χ0v) is 29.0. The van der Waals surface area contributed by atoms with Crippen molar-refractivity contribution < 1.29 is 29.3 Å². The molecule has 2 amide bonds. The lowest BCUT2D eigenvalue weighted by atomic mass is 10.0. The zero-order chi connectivity index (χ0) is 35.7. The number of methoxy groups -OCH3 is 1. The Kier molecular flexibility index (Phi) is 11.6. The molecule has 0 spiro atoms. The number of carbonyl (C=O) groups is 2. The summed E-state index contributed by atoms with van der Waals surface area (Å²) < 4.78 is 11.3. The molecule has 0 aliphatic carbocycles. The van der Waals surface area contributed by atoms with E-state index in [4.69, 9.17) is 9.47 Å². The summed E-state index contributed by atoms with van der Waals surface area (Å²) in [6.07, 6.45) is 0.147. The number of nitrogens with zero attached hydrogens (tertiary/aromatic N) is 1. The Morgan fingerprint density at radius 1 is 1.04 bits per heavy atom. The molecule has 13 heteroatoms. The number of fused-ring (bicyclic) bond motifs is 1. The molecule has 1 aliphatic heterocycles. The molecule has 1 fully saturated rings. The number of hydrogen-bond acceptors (Lipinski definition) is 10. The molecule has 12 nitrogen and oxygen atoms in total. The molecule has 3 heterocycles. The van der Waals surface area contributed by atoms with E-state index in [1.165, 1.54) is 12.1 Å². The number of aromatic amines is 1. The number of rotatable bonds is 13. The number of H-pyrrole nitrogens is 1. The van der Waals surface area contributed by atoms with Crippen LogP contribution in [-0.2, 0) is 16.1 Å². The third-order valence-electron chi connectivity index (χ3n) is 8.95. The van der Waals surface area contributed by atoms with Crippen LogP contribution >= 0.6 is 11.3 Å². The van der Waals surface area contributed by atoms with Gasteiger partial charge in [-0.3, -0.25) is 14.9 Å². The lowest BCUT2D eigenvalue weighted by molar-refractivity contribution is -0.116. The summed E-state index contributed by atoms with van der Waals surface area (Å²) in [5.41, 5.74) is 4.68. The molecule has 1 atom stereocenters. The summed E-state index contributed by atoms with van der Waals surface area (Å²) in [4.78, 5) is 42.0. The average Bonchev–Trinajstić information content (AvgIpc) is 3.67. The van der Waals surface area contributed by atoms with Crippen LogP contribution in [0.1, 0.15) is 36.5 Å². The Bertz CT molecular complexity index is 2030. The fourth-order valence-corrected chi connectivity index (χ4v) is 6.91. The standard InChI is InChI=1S/C38H41N5O7S/c1-49-34-20-26(7-6-24(34)21-39-22-33(45)29-8-10-32(44)37-30(29)9-11-35(46)42-37)40-36(47)14-18-43-16-12-27(13-17-43)50-38(48)41-31-5-3-2-4-28(31)25-15-19-51-23-25/h2-11,15,19-20,23,27,33,39,44-45H,12-14,16-18,21-22H2,1H3,(H,40,47)(H,41,48)(H,42,46)/t33-/m0/s1. The molecule has 6 rings (SSSR count). The van der Waals surface area contributed by atoms with Gasteiger partial charge in [0, 0.05) is 73.5 Å². The van der Waals surface area contributed by atoms with Crippen molar-refractivity contribution in [3.8, 4) is 22.6 Å². The minimum Gasteiger partial charge on any atom is -0.506 e. The van der Waals surface area contributed by atoms with Crippen LogP contribution in [0.4, 0.5) is 16.2 Å². The van der Waals surface area contributed by atoms with Crippen LogP contribution in [0.2, 0.25) is 0 Å². The minimum atomic E-state index is -0.897. The Labute approximate surface area is 299 Å². The zero-order valence-electron chi connectivity index (χ0n) is 28.2. The molecular formula is C38H41N5O7S. The second-order valence-corrected chi connectivity index (χ2v) is 13.2. The smallest absolute Gasteiger partial charge is 0.411 e. The number of phenols is 1. The van der Waals surface area contributed by atoms with Gasteiger partial charge in [-0.15, -0.1) is 0 Å². The molecule has 0 saturated carbocycles. The van der Waals surface area contributed by atoms with E-state index in [1.807, 2.05) is 53.2 Å². The number of para-hydroxylation sites is 1. The fourth-order valence-electron chi connectivity index (χ4n) is 6.26. The maximum Gasteiger partial charge on any atom is 0.411 e. The third-order valence-corrected chi connectivity index (χ3v) is 9.63. The van der Waals surface area contributed by atoms with Gasteiger partial charge in [0.2, 0.25) is 11.5 Å². The second kappa shape index (κ2) is 16.7. The normalized spacial score (nSPS) is 14.2. The van der Waals surface area contributed by atoms with Gasteiger partial charge >= 0.3 is 6.09 Å². The van der Waals surface area contributed by atoms with Gasteiger partial charge in [0.25, 0.3) is 0 Å². The second-order valence-electron chi connectivity index (χ2n) is 12.4. The lowest BCUT2D eigenvalue weighted by Crippen LogP contribution is -2.39. The third kappa shape index (κ3) is 9.13. The van der Waals surface area contributed by atoms with E-state index >= 15 is 0 Å². The highest BCUT2D eigenvalue weighted by atomic mass is 32.1. The van der Waals surface area contributed by atoms with Crippen molar-refractivity contribution in [3.05, 3.63) is 105 Å². The van der Waals surface area contributed by atoms with Crippen LogP contribution in [0, 0.1) is 0 Å². The monoisotopic (exact) mass is 711 g/mol. The SMILES string of the molecule is COc1cc(NC(=O)CCN2CCC(OC(=O)Nc3ccccc3-c3ccsc3)CC2)ccc1CNC[C@H](O)c1ccc(O)c2[nH]c(=O)ccc12. The number of aliphatic hydroxyl groups excluding tert-OH is 1. The van der Waals surface area contributed by atoms with E-state index in [9.17, 15) is 24.6 Å². The van der Waals surface area contributed by atoms with E-state index in [1.54, 1.807) is 36.6 Å². The molecule has 3 aromatic carbocycles. The highest BCUT2D eigenvalue weighted by molar-refractivity contribution is 7.08. The number of aromatic hydroxyl groups is 1. The number of hydrogen-bond donors (Lipinski definition) is 6.